The van der Waals surface area contributed by atoms with Crippen molar-refractivity contribution in [3.8, 4) is 23.0 Å². The van der Waals surface area contributed by atoms with E-state index in [9.17, 15) is 17.8 Å². The summed E-state index contributed by atoms with van der Waals surface area (Å²) in [7, 11) is -4.54. The molecule has 0 heterocycles. The number of ether oxygens (including phenoxy) is 2. The second-order valence-electron chi connectivity index (χ2n) is 6.18. The van der Waals surface area contributed by atoms with Crippen molar-refractivity contribution in [2.45, 2.75) is 18.7 Å². The fourth-order valence-electron chi connectivity index (χ4n) is 2.46. The molecule has 0 bridgehead atoms. The van der Waals surface area contributed by atoms with E-state index in [0.29, 0.717) is 17.1 Å². The van der Waals surface area contributed by atoms with Crippen LogP contribution in [0.25, 0.3) is 0 Å². The molecule has 3 aromatic rings. The van der Waals surface area contributed by atoms with Crippen LogP contribution in [0, 0.1) is 6.92 Å². The minimum atomic E-state index is -4.54. The number of rotatable bonds is 6. The molecule has 3 rings (SSSR count). The quantitative estimate of drug-likeness (QED) is 0.463. The predicted molar refractivity (Wildman–Crippen MR) is 104 cm³/mol. The number of carbonyl (C=O) groups excluding carboxylic acids is 1. The zero-order valence-corrected chi connectivity index (χ0v) is 16.1. The van der Waals surface area contributed by atoms with Gasteiger partial charge in [-0.05, 0) is 62.4 Å². The number of carbonyl (C=O) groups is 1. The Labute approximate surface area is 163 Å². The van der Waals surface area contributed by atoms with Gasteiger partial charge in [-0.3, -0.25) is 9.35 Å². The Morgan fingerprint density at radius 3 is 1.93 bits per heavy atom. The molecular weight excluding hydrogens is 380 g/mol. The van der Waals surface area contributed by atoms with Crippen LogP contribution >= 0.6 is 0 Å². The van der Waals surface area contributed by atoms with Gasteiger partial charge in [0.1, 0.15) is 27.9 Å². The molecule has 0 fully saturated rings. The van der Waals surface area contributed by atoms with E-state index in [0.717, 1.165) is 5.56 Å². The van der Waals surface area contributed by atoms with Crippen molar-refractivity contribution < 1.29 is 27.2 Å². The van der Waals surface area contributed by atoms with Gasteiger partial charge in [-0.15, -0.1) is 0 Å². The van der Waals surface area contributed by atoms with Crippen molar-refractivity contribution in [3.05, 3.63) is 77.9 Å². The molecule has 0 spiro atoms. The highest BCUT2D eigenvalue weighted by molar-refractivity contribution is 7.86. The molecule has 0 aliphatic carbocycles. The van der Waals surface area contributed by atoms with Crippen molar-refractivity contribution in [2.24, 2.45) is 0 Å². The molecule has 6 nitrogen and oxygen atoms in total. The molecule has 7 heteroatoms. The van der Waals surface area contributed by atoms with Crippen molar-refractivity contribution in [3.63, 3.8) is 0 Å². The van der Waals surface area contributed by atoms with Crippen molar-refractivity contribution in [1.82, 2.24) is 0 Å². The lowest BCUT2D eigenvalue weighted by Crippen LogP contribution is -2.02. The standard InChI is InChI=1S/C21H18O6S/c1-14-3-7-18(8-4-14)27-20-12-11-19(13-21(20)28(23,24)25)26-17-9-5-16(6-10-17)15(2)22/h3-13H,1-2H3,(H,23,24,25). The number of benzene rings is 3. The third-order valence-corrected chi connectivity index (χ3v) is 4.81. The number of ketones is 1. The third-order valence-electron chi connectivity index (χ3n) is 3.94. The van der Waals surface area contributed by atoms with E-state index in [2.05, 4.69) is 0 Å². The van der Waals surface area contributed by atoms with Crippen molar-refractivity contribution in [1.29, 1.82) is 0 Å². The fraction of sp³-hybridized carbons (Fsp3) is 0.0952. The maximum Gasteiger partial charge on any atom is 0.298 e. The molecule has 28 heavy (non-hydrogen) atoms. The van der Waals surface area contributed by atoms with E-state index in [-0.39, 0.29) is 17.3 Å². The Kier molecular flexibility index (Phi) is 5.48. The first-order valence-corrected chi connectivity index (χ1v) is 9.81. The Hall–Kier alpha value is -3.16. The molecule has 0 saturated carbocycles. The lowest BCUT2D eigenvalue weighted by atomic mass is 10.1. The Morgan fingerprint density at radius 2 is 1.36 bits per heavy atom. The van der Waals surface area contributed by atoms with Gasteiger partial charge in [0.05, 0.1) is 0 Å². The normalized spacial score (nSPS) is 11.1. The minimum absolute atomic E-state index is 0.0226. The van der Waals surface area contributed by atoms with Crippen molar-refractivity contribution >= 4 is 15.9 Å². The molecule has 0 aliphatic rings. The molecule has 0 aromatic heterocycles. The van der Waals surface area contributed by atoms with Crippen LogP contribution in [0.1, 0.15) is 22.8 Å². The smallest absolute Gasteiger partial charge is 0.298 e. The fourth-order valence-corrected chi connectivity index (χ4v) is 3.09. The lowest BCUT2D eigenvalue weighted by molar-refractivity contribution is 0.101. The number of aryl methyl sites for hydroxylation is 1. The number of Topliss-reactive ketones (excluding diaryl/α,β-unsaturated/α-hetero) is 1. The Balaban J connectivity index is 1.90. The summed E-state index contributed by atoms with van der Waals surface area (Å²) >= 11 is 0. The molecule has 0 aliphatic heterocycles. The molecule has 3 aromatic carbocycles. The summed E-state index contributed by atoms with van der Waals surface area (Å²) in [6, 6.07) is 17.6. The number of hydrogen-bond donors (Lipinski definition) is 1. The van der Waals surface area contributed by atoms with Gasteiger partial charge in [-0.25, -0.2) is 0 Å². The Morgan fingerprint density at radius 1 is 0.821 bits per heavy atom. The average Bonchev–Trinajstić information content (AvgIpc) is 2.64. The van der Waals surface area contributed by atoms with E-state index in [1.54, 1.807) is 36.4 Å². The second-order valence-corrected chi connectivity index (χ2v) is 7.57. The van der Waals surface area contributed by atoms with Gasteiger partial charge in [0.25, 0.3) is 10.1 Å². The molecule has 0 radical (unpaired) electrons. The minimum Gasteiger partial charge on any atom is -0.457 e. The zero-order valence-electron chi connectivity index (χ0n) is 15.2. The maximum absolute atomic E-state index is 11.8. The highest BCUT2D eigenvalue weighted by Gasteiger charge is 2.19. The first-order chi connectivity index (χ1) is 13.2. The monoisotopic (exact) mass is 398 g/mol. The van der Waals surface area contributed by atoms with Gasteiger partial charge in [0.15, 0.2) is 5.78 Å². The van der Waals surface area contributed by atoms with Crippen LogP contribution in [-0.4, -0.2) is 18.8 Å². The van der Waals surface area contributed by atoms with Crippen LogP contribution in [-0.2, 0) is 10.1 Å². The topological polar surface area (TPSA) is 89.9 Å². The van der Waals surface area contributed by atoms with Gasteiger partial charge >= 0.3 is 0 Å². The summed E-state index contributed by atoms with van der Waals surface area (Å²) in [5.74, 6) is 0.949. The first-order valence-electron chi connectivity index (χ1n) is 8.37. The molecule has 0 unspecified atom stereocenters. The van der Waals surface area contributed by atoms with E-state index >= 15 is 0 Å². The van der Waals surface area contributed by atoms with E-state index in [1.165, 1.54) is 25.1 Å². The third kappa shape index (κ3) is 4.76. The predicted octanol–water partition coefficient (Wildman–Crippen LogP) is 5.03. The summed E-state index contributed by atoms with van der Waals surface area (Å²) < 4.78 is 44.4. The molecule has 1 N–H and O–H groups in total. The first kappa shape index (κ1) is 19.6. The zero-order chi connectivity index (χ0) is 20.3. The summed E-state index contributed by atoms with van der Waals surface area (Å²) in [6.07, 6.45) is 0. The summed E-state index contributed by atoms with van der Waals surface area (Å²) in [4.78, 5) is 10.9. The van der Waals surface area contributed by atoms with Gasteiger partial charge < -0.3 is 9.47 Å². The maximum atomic E-state index is 11.8. The number of hydrogen-bond acceptors (Lipinski definition) is 5. The van der Waals surface area contributed by atoms with Crippen LogP contribution in [0.2, 0.25) is 0 Å². The lowest BCUT2D eigenvalue weighted by Gasteiger charge is -2.12. The summed E-state index contributed by atoms with van der Waals surface area (Å²) in [6.45, 7) is 3.38. The van der Waals surface area contributed by atoms with Crippen LogP contribution in [0.15, 0.2) is 71.6 Å². The van der Waals surface area contributed by atoms with E-state index in [4.69, 9.17) is 9.47 Å². The van der Waals surface area contributed by atoms with E-state index < -0.39 is 15.0 Å². The van der Waals surface area contributed by atoms with Gasteiger partial charge in [-0.1, -0.05) is 17.7 Å². The summed E-state index contributed by atoms with van der Waals surface area (Å²) in [5, 5.41) is 0. The van der Waals surface area contributed by atoms with Crippen molar-refractivity contribution in [2.75, 3.05) is 0 Å². The molecule has 144 valence electrons. The van der Waals surface area contributed by atoms with Crippen LogP contribution < -0.4 is 9.47 Å². The van der Waals surface area contributed by atoms with Gasteiger partial charge in [0.2, 0.25) is 0 Å². The largest absolute Gasteiger partial charge is 0.457 e. The average molecular weight is 398 g/mol. The van der Waals surface area contributed by atoms with Crippen LogP contribution in [0.5, 0.6) is 23.0 Å². The SMILES string of the molecule is CC(=O)c1ccc(Oc2ccc(Oc3ccc(C)cc3)c(S(=O)(=O)O)c2)cc1. The molecule has 0 atom stereocenters. The van der Waals surface area contributed by atoms with E-state index in [1.807, 2.05) is 19.1 Å². The molecular formula is C21H18O6S. The van der Waals surface area contributed by atoms with Crippen LogP contribution in [0.4, 0.5) is 0 Å². The highest BCUT2D eigenvalue weighted by atomic mass is 32.2. The molecule has 0 saturated heterocycles. The second kappa shape index (κ2) is 7.84. The molecule has 0 amide bonds. The van der Waals surface area contributed by atoms with Crippen LogP contribution in [0.3, 0.4) is 0 Å². The van der Waals surface area contributed by atoms with Gasteiger partial charge in [-0.2, -0.15) is 8.42 Å². The highest BCUT2D eigenvalue weighted by Crippen LogP contribution is 2.33. The van der Waals surface area contributed by atoms with Gasteiger partial charge in [0, 0.05) is 11.6 Å². The Bertz CT molecular complexity index is 1100. The summed E-state index contributed by atoms with van der Waals surface area (Å²) in [5.41, 5.74) is 1.56.